The zero-order valence-electron chi connectivity index (χ0n) is 18.8. The van der Waals surface area contributed by atoms with Crippen molar-refractivity contribution >= 4 is 23.2 Å². The lowest BCUT2D eigenvalue weighted by molar-refractivity contribution is 0.238. The number of benzene rings is 2. The second-order valence-electron chi connectivity index (χ2n) is 7.27. The molecule has 6 heteroatoms. The van der Waals surface area contributed by atoms with Crippen LogP contribution in [0.3, 0.4) is 0 Å². The fraction of sp³-hybridized carbons (Fsp3) is 0.440. The van der Waals surface area contributed by atoms with E-state index in [9.17, 15) is 0 Å². The van der Waals surface area contributed by atoms with Gasteiger partial charge in [-0.3, -0.25) is 0 Å². The first kappa shape index (κ1) is 25.2. The summed E-state index contributed by atoms with van der Waals surface area (Å²) in [5, 5.41) is 0. The van der Waals surface area contributed by atoms with Gasteiger partial charge < -0.3 is 18.9 Å². The van der Waals surface area contributed by atoms with Crippen LogP contribution in [-0.4, -0.2) is 25.9 Å². The van der Waals surface area contributed by atoms with E-state index in [0.717, 1.165) is 53.4 Å². The Morgan fingerprint density at radius 1 is 0.839 bits per heavy atom. The van der Waals surface area contributed by atoms with E-state index in [2.05, 4.69) is 13.8 Å². The molecule has 0 aliphatic carbocycles. The van der Waals surface area contributed by atoms with Crippen LogP contribution >= 0.6 is 23.2 Å². The van der Waals surface area contributed by atoms with Crippen molar-refractivity contribution in [3.8, 4) is 23.0 Å². The van der Waals surface area contributed by atoms with Crippen LogP contribution in [0.2, 0.25) is 0 Å². The summed E-state index contributed by atoms with van der Waals surface area (Å²) in [6.07, 6.45) is 4.27. The van der Waals surface area contributed by atoms with Gasteiger partial charge in [0, 0.05) is 6.42 Å². The largest absolute Gasteiger partial charge is 0.493 e. The minimum absolute atomic E-state index is 0.159. The Hall–Kier alpha value is -2.04. The monoisotopic (exact) mass is 466 g/mol. The predicted molar refractivity (Wildman–Crippen MR) is 128 cm³/mol. The van der Waals surface area contributed by atoms with Crippen LogP contribution in [0.4, 0.5) is 0 Å². The second kappa shape index (κ2) is 13.4. The normalized spacial score (nSPS) is 10.7. The molecule has 0 aromatic heterocycles. The van der Waals surface area contributed by atoms with E-state index < -0.39 is 0 Å². The first-order valence-corrected chi connectivity index (χ1v) is 11.5. The van der Waals surface area contributed by atoms with Crippen molar-refractivity contribution in [2.24, 2.45) is 0 Å². The molecule has 0 spiro atoms. The molecule has 0 fully saturated rings. The van der Waals surface area contributed by atoms with E-state index in [1.807, 2.05) is 50.2 Å². The third-order valence-electron chi connectivity index (χ3n) is 4.47. The second-order valence-corrected chi connectivity index (χ2v) is 8.28. The van der Waals surface area contributed by atoms with Crippen LogP contribution in [0, 0.1) is 0 Å². The van der Waals surface area contributed by atoms with Crippen molar-refractivity contribution in [3.63, 3.8) is 0 Å². The van der Waals surface area contributed by atoms with Crippen LogP contribution in [0.25, 0.3) is 0 Å². The van der Waals surface area contributed by atoms with Gasteiger partial charge in [0.2, 0.25) is 0 Å². The summed E-state index contributed by atoms with van der Waals surface area (Å²) >= 11 is 11.3. The highest BCUT2D eigenvalue weighted by Gasteiger charge is 2.11. The van der Waals surface area contributed by atoms with Gasteiger partial charge in [-0.1, -0.05) is 37.0 Å². The fourth-order valence-corrected chi connectivity index (χ4v) is 3.15. The predicted octanol–water partition coefficient (Wildman–Crippen LogP) is 7.14. The van der Waals surface area contributed by atoms with Crippen molar-refractivity contribution in [3.05, 3.63) is 58.1 Å². The summed E-state index contributed by atoms with van der Waals surface area (Å²) in [4.78, 5) is 0. The number of ether oxygens (including phenoxy) is 4. The lowest BCUT2D eigenvalue weighted by Crippen LogP contribution is -2.08. The molecule has 0 aliphatic heterocycles. The van der Waals surface area contributed by atoms with Crippen molar-refractivity contribution in [1.29, 1.82) is 0 Å². The molecule has 0 heterocycles. The Kier molecular flexibility index (Phi) is 10.9. The minimum atomic E-state index is 0.159. The highest BCUT2D eigenvalue weighted by atomic mass is 35.5. The van der Waals surface area contributed by atoms with Gasteiger partial charge >= 0.3 is 0 Å². The molecule has 170 valence electrons. The maximum atomic E-state index is 6.14. The Morgan fingerprint density at radius 2 is 1.42 bits per heavy atom. The Labute approximate surface area is 196 Å². The summed E-state index contributed by atoms with van der Waals surface area (Å²) in [5.41, 5.74) is 2.24. The number of rotatable bonds is 13. The van der Waals surface area contributed by atoms with Crippen LogP contribution in [0.15, 0.2) is 47.0 Å². The van der Waals surface area contributed by atoms with Crippen LogP contribution in [-0.2, 0) is 12.8 Å². The Balaban J connectivity index is 1.87. The molecule has 2 rings (SSSR count). The third-order valence-corrected chi connectivity index (χ3v) is 4.77. The summed E-state index contributed by atoms with van der Waals surface area (Å²) in [5.74, 6) is 3.41. The van der Waals surface area contributed by atoms with Crippen LogP contribution in [0.5, 0.6) is 23.0 Å². The van der Waals surface area contributed by atoms with Crippen molar-refractivity contribution in [1.82, 2.24) is 0 Å². The van der Waals surface area contributed by atoms with Gasteiger partial charge in [0.1, 0.15) is 34.1 Å². The molecular formula is C25H32Cl2O4. The van der Waals surface area contributed by atoms with E-state index in [-0.39, 0.29) is 10.6 Å². The number of halogens is 2. The average molecular weight is 467 g/mol. The van der Waals surface area contributed by atoms with Gasteiger partial charge in [-0.25, -0.2) is 0 Å². The SMILES string of the molecule is CCc1cc(OCC=C(Cl)Cl)cc(CC)c1OCCCOc1ccc(OC(C)C)cc1. The van der Waals surface area contributed by atoms with Gasteiger partial charge in [-0.2, -0.15) is 0 Å². The molecule has 0 unspecified atom stereocenters. The van der Waals surface area contributed by atoms with Crippen molar-refractivity contribution in [2.75, 3.05) is 19.8 Å². The van der Waals surface area contributed by atoms with E-state index in [1.165, 1.54) is 0 Å². The highest BCUT2D eigenvalue weighted by molar-refractivity contribution is 6.55. The molecule has 0 N–H and O–H groups in total. The summed E-state index contributed by atoms with van der Waals surface area (Å²) < 4.78 is 23.6. The van der Waals surface area contributed by atoms with E-state index in [4.69, 9.17) is 42.1 Å². The summed E-state index contributed by atoms with van der Waals surface area (Å²) in [6.45, 7) is 9.73. The molecule has 0 radical (unpaired) electrons. The molecule has 0 atom stereocenters. The first-order valence-electron chi connectivity index (χ1n) is 10.7. The zero-order chi connectivity index (χ0) is 22.6. The zero-order valence-corrected chi connectivity index (χ0v) is 20.3. The van der Waals surface area contributed by atoms with E-state index in [0.29, 0.717) is 19.8 Å². The molecule has 0 bridgehead atoms. The smallest absolute Gasteiger partial charge is 0.125 e. The number of hydrogen-bond acceptors (Lipinski definition) is 4. The minimum Gasteiger partial charge on any atom is -0.493 e. The van der Waals surface area contributed by atoms with Gasteiger partial charge in [-0.15, -0.1) is 0 Å². The van der Waals surface area contributed by atoms with Crippen molar-refractivity contribution < 1.29 is 18.9 Å². The van der Waals surface area contributed by atoms with Gasteiger partial charge in [0.25, 0.3) is 0 Å². The Bertz CT molecular complexity index is 803. The molecule has 2 aromatic carbocycles. The fourth-order valence-electron chi connectivity index (χ4n) is 3.03. The molecular weight excluding hydrogens is 435 g/mol. The third kappa shape index (κ3) is 8.92. The van der Waals surface area contributed by atoms with E-state index in [1.54, 1.807) is 6.08 Å². The molecule has 0 aliphatic rings. The summed E-state index contributed by atoms with van der Waals surface area (Å²) in [7, 11) is 0. The molecule has 31 heavy (non-hydrogen) atoms. The maximum absolute atomic E-state index is 6.14. The van der Waals surface area contributed by atoms with Gasteiger partial charge in [-0.05, 0) is 80.3 Å². The van der Waals surface area contributed by atoms with E-state index >= 15 is 0 Å². The highest BCUT2D eigenvalue weighted by Crippen LogP contribution is 2.31. The van der Waals surface area contributed by atoms with Gasteiger partial charge in [0.15, 0.2) is 0 Å². The molecule has 0 amide bonds. The average Bonchev–Trinajstić information content (AvgIpc) is 2.74. The number of hydrogen-bond donors (Lipinski definition) is 0. The quantitative estimate of drug-likeness (QED) is 0.293. The standard InChI is InChI=1S/C25H32Cl2O4/c1-5-19-16-23(29-15-12-24(26)27)17-20(6-2)25(19)30-14-7-13-28-21-8-10-22(11-9-21)31-18(3)4/h8-12,16-18H,5-7,13-15H2,1-4H3. The lowest BCUT2D eigenvalue weighted by Gasteiger charge is -2.17. The number of aryl methyl sites for hydroxylation is 2. The Morgan fingerprint density at radius 3 is 1.97 bits per heavy atom. The van der Waals surface area contributed by atoms with Gasteiger partial charge in [0.05, 0.1) is 19.3 Å². The molecule has 2 aromatic rings. The topological polar surface area (TPSA) is 36.9 Å². The van der Waals surface area contributed by atoms with Crippen LogP contribution in [0.1, 0.15) is 45.2 Å². The maximum Gasteiger partial charge on any atom is 0.125 e. The van der Waals surface area contributed by atoms with Crippen LogP contribution < -0.4 is 18.9 Å². The lowest BCUT2D eigenvalue weighted by atomic mass is 10.0. The van der Waals surface area contributed by atoms with Crippen molar-refractivity contribution in [2.45, 2.75) is 53.1 Å². The molecule has 4 nitrogen and oxygen atoms in total. The molecule has 0 saturated heterocycles. The summed E-state index contributed by atoms with van der Waals surface area (Å²) in [6, 6.07) is 11.7. The molecule has 0 saturated carbocycles. The first-order chi connectivity index (χ1) is 14.9.